The number of nitrogens with zero attached hydrogens (tertiary/aromatic N) is 3. The molecule has 152 valence electrons. The van der Waals surface area contributed by atoms with Crippen LogP contribution < -0.4 is 0 Å². The van der Waals surface area contributed by atoms with Crippen molar-refractivity contribution in [2.45, 2.75) is 13.8 Å². The van der Waals surface area contributed by atoms with E-state index in [0.717, 1.165) is 43.4 Å². The second-order valence-corrected chi connectivity index (χ2v) is 9.17. The minimum Gasteiger partial charge on any atom is -0.218 e. The molecule has 0 bridgehead atoms. The molecule has 0 radical (unpaired) electrons. The van der Waals surface area contributed by atoms with Crippen molar-refractivity contribution >= 4 is 27.3 Å². The fourth-order valence-corrected chi connectivity index (χ4v) is 4.99. The number of thiazole rings is 1. The van der Waals surface area contributed by atoms with Gasteiger partial charge in [0, 0.05) is 22.1 Å². The van der Waals surface area contributed by atoms with Gasteiger partial charge in [0.2, 0.25) is 5.13 Å². The van der Waals surface area contributed by atoms with Gasteiger partial charge in [-0.05, 0) is 29.8 Å². The molecule has 0 aliphatic rings. The Balaban J connectivity index is 1.69. The van der Waals surface area contributed by atoms with Crippen molar-refractivity contribution in [2.75, 3.05) is 0 Å². The van der Waals surface area contributed by atoms with Crippen LogP contribution in [-0.4, -0.2) is 14.8 Å². The number of hydrogen-bond acceptors (Lipinski definition) is 3. The number of aryl methyl sites for hydroxylation is 2. The quantitative estimate of drug-likeness (QED) is 0.261. The Hall–Kier alpha value is -3.02. The smallest absolute Gasteiger partial charge is 0.211 e. The summed E-state index contributed by atoms with van der Waals surface area (Å²) >= 11 is 5.45. The van der Waals surface area contributed by atoms with Crippen LogP contribution in [0.3, 0.4) is 0 Å². The van der Waals surface area contributed by atoms with Gasteiger partial charge in [0.1, 0.15) is 5.69 Å². The molecule has 0 spiro atoms. The van der Waals surface area contributed by atoms with Crippen molar-refractivity contribution in [1.29, 1.82) is 0 Å². The highest BCUT2D eigenvalue weighted by Gasteiger charge is 2.21. The van der Waals surface area contributed by atoms with Crippen LogP contribution in [-0.2, 0) is 0 Å². The standard InChI is InChI=1S/C26H20BrN3S/c1-17-8-12-20(13-9-17)24-23(27)25(21-14-10-18(2)11-15-21)30(29-24)26-28-22(16-31-26)19-6-4-3-5-7-19/h3-16H,1-2H3. The van der Waals surface area contributed by atoms with E-state index in [9.17, 15) is 0 Å². The lowest BCUT2D eigenvalue weighted by Crippen LogP contribution is -1.99. The van der Waals surface area contributed by atoms with E-state index in [0.29, 0.717) is 0 Å². The maximum Gasteiger partial charge on any atom is 0.211 e. The second-order valence-electron chi connectivity index (χ2n) is 7.54. The van der Waals surface area contributed by atoms with Gasteiger partial charge in [-0.2, -0.15) is 5.10 Å². The summed E-state index contributed by atoms with van der Waals surface area (Å²) in [5.41, 5.74) is 8.60. The van der Waals surface area contributed by atoms with Crippen LogP contribution in [0.15, 0.2) is 88.7 Å². The van der Waals surface area contributed by atoms with Crippen molar-refractivity contribution in [3.05, 3.63) is 99.8 Å². The molecule has 3 aromatic carbocycles. The number of rotatable bonds is 4. The predicted molar refractivity (Wildman–Crippen MR) is 133 cm³/mol. The molecule has 0 N–H and O–H groups in total. The molecule has 0 fully saturated rings. The second kappa shape index (κ2) is 8.25. The zero-order valence-electron chi connectivity index (χ0n) is 17.2. The molecule has 3 nitrogen and oxygen atoms in total. The van der Waals surface area contributed by atoms with Crippen molar-refractivity contribution in [3.8, 4) is 38.9 Å². The van der Waals surface area contributed by atoms with Gasteiger partial charge in [0.05, 0.1) is 15.9 Å². The van der Waals surface area contributed by atoms with Crippen LogP contribution in [0.1, 0.15) is 11.1 Å². The largest absolute Gasteiger partial charge is 0.218 e. The summed E-state index contributed by atoms with van der Waals surface area (Å²) in [5, 5.41) is 7.93. The minimum absolute atomic E-state index is 0.841. The summed E-state index contributed by atoms with van der Waals surface area (Å²) < 4.78 is 2.93. The van der Waals surface area contributed by atoms with Gasteiger partial charge in [0.25, 0.3) is 0 Å². The van der Waals surface area contributed by atoms with Gasteiger partial charge in [-0.25, -0.2) is 9.67 Å². The normalized spacial score (nSPS) is 11.1. The van der Waals surface area contributed by atoms with Crippen molar-refractivity contribution in [3.63, 3.8) is 0 Å². The molecule has 0 amide bonds. The predicted octanol–water partition coefficient (Wildman–Crippen LogP) is 7.71. The van der Waals surface area contributed by atoms with E-state index >= 15 is 0 Å². The zero-order valence-corrected chi connectivity index (χ0v) is 19.6. The Morgan fingerprint density at radius 3 is 2.00 bits per heavy atom. The molecule has 0 atom stereocenters. The lowest BCUT2D eigenvalue weighted by Gasteiger charge is -2.06. The number of benzene rings is 3. The maximum atomic E-state index is 5.00. The molecular formula is C26H20BrN3S. The van der Waals surface area contributed by atoms with Gasteiger partial charge in [-0.15, -0.1) is 11.3 Å². The topological polar surface area (TPSA) is 30.7 Å². The zero-order chi connectivity index (χ0) is 21.4. The first kappa shape index (κ1) is 19.9. The molecule has 0 unspecified atom stereocenters. The van der Waals surface area contributed by atoms with Crippen LogP contribution in [0.2, 0.25) is 0 Å². The number of halogens is 1. The molecule has 0 saturated heterocycles. The van der Waals surface area contributed by atoms with E-state index in [1.54, 1.807) is 11.3 Å². The Kier molecular flexibility index (Phi) is 5.30. The summed E-state index contributed by atoms with van der Waals surface area (Å²) in [4.78, 5) is 4.91. The highest BCUT2D eigenvalue weighted by Crippen LogP contribution is 2.39. The summed E-state index contributed by atoms with van der Waals surface area (Å²) in [5.74, 6) is 0. The molecule has 5 aromatic rings. The van der Waals surface area contributed by atoms with Crippen LogP contribution >= 0.6 is 27.3 Å². The number of hydrogen-bond donors (Lipinski definition) is 0. The molecular weight excluding hydrogens is 466 g/mol. The first-order chi connectivity index (χ1) is 15.1. The average molecular weight is 486 g/mol. The molecule has 5 rings (SSSR count). The van der Waals surface area contributed by atoms with E-state index in [4.69, 9.17) is 10.1 Å². The van der Waals surface area contributed by atoms with Crippen molar-refractivity contribution in [1.82, 2.24) is 14.8 Å². The fourth-order valence-electron chi connectivity index (χ4n) is 3.50. The highest BCUT2D eigenvalue weighted by molar-refractivity contribution is 9.10. The van der Waals surface area contributed by atoms with Gasteiger partial charge < -0.3 is 0 Å². The van der Waals surface area contributed by atoms with E-state index in [1.807, 2.05) is 22.9 Å². The first-order valence-electron chi connectivity index (χ1n) is 10.0. The van der Waals surface area contributed by atoms with Crippen molar-refractivity contribution < 1.29 is 0 Å². The van der Waals surface area contributed by atoms with E-state index in [2.05, 4.69) is 95.8 Å². The monoisotopic (exact) mass is 485 g/mol. The Bertz CT molecular complexity index is 1330. The summed E-state index contributed by atoms with van der Waals surface area (Å²) in [6, 6.07) is 27.2. The van der Waals surface area contributed by atoms with Crippen LogP contribution in [0, 0.1) is 13.8 Å². The summed E-state index contributed by atoms with van der Waals surface area (Å²) in [6.07, 6.45) is 0. The van der Waals surface area contributed by atoms with Gasteiger partial charge in [-0.1, -0.05) is 90.0 Å². The lowest BCUT2D eigenvalue weighted by atomic mass is 10.1. The van der Waals surface area contributed by atoms with Crippen LogP contribution in [0.4, 0.5) is 0 Å². The fraction of sp³-hybridized carbons (Fsp3) is 0.0769. The van der Waals surface area contributed by atoms with E-state index in [1.165, 1.54) is 11.1 Å². The van der Waals surface area contributed by atoms with Gasteiger partial charge >= 0.3 is 0 Å². The average Bonchev–Trinajstić information content (AvgIpc) is 3.41. The third-order valence-electron chi connectivity index (χ3n) is 5.22. The third kappa shape index (κ3) is 3.87. The Morgan fingerprint density at radius 2 is 1.35 bits per heavy atom. The van der Waals surface area contributed by atoms with Gasteiger partial charge in [0.15, 0.2) is 0 Å². The summed E-state index contributed by atoms with van der Waals surface area (Å²) in [7, 11) is 0. The third-order valence-corrected chi connectivity index (χ3v) is 6.79. The number of aromatic nitrogens is 3. The minimum atomic E-state index is 0.841. The molecule has 0 aliphatic heterocycles. The first-order valence-corrected chi connectivity index (χ1v) is 11.7. The van der Waals surface area contributed by atoms with Gasteiger partial charge in [-0.3, -0.25) is 0 Å². The Labute approximate surface area is 194 Å². The summed E-state index contributed by atoms with van der Waals surface area (Å²) in [6.45, 7) is 4.19. The molecule has 0 saturated carbocycles. The molecule has 5 heteroatoms. The van der Waals surface area contributed by atoms with Crippen LogP contribution in [0.25, 0.3) is 38.9 Å². The lowest BCUT2D eigenvalue weighted by molar-refractivity contribution is 0.881. The van der Waals surface area contributed by atoms with E-state index in [-0.39, 0.29) is 0 Å². The molecule has 31 heavy (non-hydrogen) atoms. The SMILES string of the molecule is Cc1ccc(-c2nn(-c3nc(-c4ccccc4)cs3)c(-c3ccc(C)cc3)c2Br)cc1. The Morgan fingerprint density at radius 1 is 0.742 bits per heavy atom. The van der Waals surface area contributed by atoms with Crippen LogP contribution in [0.5, 0.6) is 0 Å². The molecule has 2 aromatic heterocycles. The molecule has 2 heterocycles. The maximum absolute atomic E-state index is 5.00. The van der Waals surface area contributed by atoms with Crippen molar-refractivity contribution in [2.24, 2.45) is 0 Å². The highest BCUT2D eigenvalue weighted by atomic mass is 79.9. The molecule has 0 aliphatic carbocycles. The van der Waals surface area contributed by atoms with E-state index < -0.39 is 0 Å².